The van der Waals surface area contributed by atoms with Gasteiger partial charge in [-0.1, -0.05) is 25.1 Å². The average molecular weight is 405 g/mol. The number of hydrogen-bond donors (Lipinski definition) is 2. The second kappa shape index (κ2) is 8.19. The standard InChI is InChI=1S/C24H28N4O2/c1-14-9-15(2)21(10-20(14)22-16(3)23(30-4)27-26-22)24(29)28-12-19(13-28)18-7-5-17(11-25)6-8-18/h5-10,16,19,22-23,26-27H,12-13H2,1-4H3. The summed E-state index contributed by atoms with van der Waals surface area (Å²) in [4.78, 5) is 15.1. The minimum Gasteiger partial charge on any atom is -0.365 e. The molecule has 0 spiro atoms. The van der Waals surface area contributed by atoms with Crippen molar-refractivity contribution in [1.29, 1.82) is 5.26 Å². The molecule has 4 rings (SSSR count). The van der Waals surface area contributed by atoms with Crippen molar-refractivity contribution in [3.8, 4) is 6.07 Å². The molecular weight excluding hydrogens is 376 g/mol. The molecular formula is C24H28N4O2. The van der Waals surface area contributed by atoms with Gasteiger partial charge in [-0.05, 0) is 54.3 Å². The number of carbonyl (C=O) groups is 1. The molecule has 6 heteroatoms. The van der Waals surface area contributed by atoms with Crippen LogP contribution in [-0.4, -0.2) is 37.2 Å². The lowest BCUT2D eigenvalue weighted by molar-refractivity contribution is 0.0555. The predicted molar refractivity (Wildman–Crippen MR) is 115 cm³/mol. The van der Waals surface area contributed by atoms with Crippen molar-refractivity contribution in [2.24, 2.45) is 5.92 Å². The number of hydrogen-bond acceptors (Lipinski definition) is 5. The molecule has 6 nitrogen and oxygen atoms in total. The van der Waals surface area contributed by atoms with E-state index in [4.69, 9.17) is 10.00 Å². The van der Waals surface area contributed by atoms with E-state index in [-0.39, 0.29) is 24.1 Å². The highest BCUT2D eigenvalue weighted by molar-refractivity contribution is 5.96. The number of amides is 1. The first kappa shape index (κ1) is 20.5. The number of likely N-dealkylation sites (tertiary alicyclic amines) is 1. The van der Waals surface area contributed by atoms with Crippen LogP contribution in [-0.2, 0) is 4.74 Å². The molecule has 2 aliphatic rings. The Morgan fingerprint density at radius 3 is 2.43 bits per heavy atom. The summed E-state index contributed by atoms with van der Waals surface area (Å²) in [6, 6.07) is 14.1. The molecule has 2 aromatic rings. The third-order valence-electron chi connectivity index (χ3n) is 6.50. The smallest absolute Gasteiger partial charge is 0.254 e. The van der Waals surface area contributed by atoms with Crippen LogP contribution in [0, 0.1) is 31.1 Å². The number of nitriles is 1. The van der Waals surface area contributed by atoms with E-state index < -0.39 is 0 Å². The summed E-state index contributed by atoms with van der Waals surface area (Å²) in [7, 11) is 1.70. The molecule has 0 radical (unpaired) electrons. The fourth-order valence-electron chi connectivity index (χ4n) is 4.53. The lowest BCUT2D eigenvalue weighted by Gasteiger charge is -2.40. The van der Waals surface area contributed by atoms with E-state index in [1.807, 2.05) is 36.1 Å². The van der Waals surface area contributed by atoms with Gasteiger partial charge in [0.1, 0.15) is 6.23 Å². The molecule has 0 bridgehead atoms. The Bertz CT molecular complexity index is 990. The van der Waals surface area contributed by atoms with Crippen molar-refractivity contribution >= 4 is 5.91 Å². The molecule has 2 aliphatic heterocycles. The number of methoxy groups -OCH3 is 1. The van der Waals surface area contributed by atoms with Gasteiger partial charge in [0, 0.05) is 37.6 Å². The first-order valence-electron chi connectivity index (χ1n) is 10.4. The van der Waals surface area contributed by atoms with Crippen LogP contribution in [0.1, 0.15) is 57.1 Å². The van der Waals surface area contributed by atoms with Gasteiger partial charge in [0.15, 0.2) is 0 Å². The summed E-state index contributed by atoms with van der Waals surface area (Å²) >= 11 is 0. The van der Waals surface area contributed by atoms with Crippen molar-refractivity contribution in [2.75, 3.05) is 20.2 Å². The first-order valence-corrected chi connectivity index (χ1v) is 10.4. The maximum Gasteiger partial charge on any atom is 0.254 e. The Labute approximate surface area is 177 Å². The molecule has 1 amide bonds. The van der Waals surface area contributed by atoms with Crippen LogP contribution in [0.4, 0.5) is 0 Å². The van der Waals surface area contributed by atoms with Gasteiger partial charge < -0.3 is 9.64 Å². The summed E-state index contributed by atoms with van der Waals surface area (Å²) in [5, 5.41) is 8.95. The molecule has 2 aromatic carbocycles. The predicted octanol–water partition coefficient (Wildman–Crippen LogP) is 3.17. The molecule has 2 heterocycles. The topological polar surface area (TPSA) is 77.4 Å². The number of carbonyl (C=O) groups excluding carboxylic acids is 1. The Morgan fingerprint density at radius 1 is 1.13 bits per heavy atom. The first-order chi connectivity index (χ1) is 14.4. The van der Waals surface area contributed by atoms with Crippen LogP contribution in [0.25, 0.3) is 0 Å². The normalized spacial score (nSPS) is 23.8. The highest BCUT2D eigenvalue weighted by Crippen LogP contribution is 2.34. The Morgan fingerprint density at radius 2 is 1.83 bits per heavy atom. The summed E-state index contributed by atoms with van der Waals surface area (Å²) in [6.45, 7) is 7.65. The molecule has 30 heavy (non-hydrogen) atoms. The summed E-state index contributed by atoms with van der Waals surface area (Å²) in [5.74, 6) is 0.653. The quantitative estimate of drug-likeness (QED) is 0.819. The van der Waals surface area contributed by atoms with Crippen LogP contribution >= 0.6 is 0 Å². The maximum atomic E-state index is 13.2. The molecule has 156 valence electrons. The molecule has 2 fully saturated rings. The SMILES string of the molecule is COC1NNC(c2cc(C(=O)N3CC(c4ccc(C#N)cc4)C3)c(C)cc2C)C1C. The number of ether oxygens (including phenoxy) is 1. The number of nitrogens with zero attached hydrogens (tertiary/aromatic N) is 2. The molecule has 0 aromatic heterocycles. The van der Waals surface area contributed by atoms with Crippen LogP contribution in [0.3, 0.4) is 0 Å². The highest BCUT2D eigenvalue weighted by Gasteiger charge is 2.36. The van der Waals surface area contributed by atoms with Crippen molar-refractivity contribution < 1.29 is 9.53 Å². The Kier molecular flexibility index (Phi) is 5.61. The van der Waals surface area contributed by atoms with Gasteiger partial charge in [-0.2, -0.15) is 5.26 Å². The minimum atomic E-state index is -0.0570. The van der Waals surface area contributed by atoms with Gasteiger partial charge in [0.05, 0.1) is 17.7 Å². The van der Waals surface area contributed by atoms with Crippen LogP contribution in [0.2, 0.25) is 0 Å². The molecule has 0 aliphatic carbocycles. The fraction of sp³-hybridized carbons (Fsp3) is 0.417. The zero-order valence-electron chi connectivity index (χ0n) is 17.9. The van der Waals surface area contributed by atoms with E-state index in [9.17, 15) is 4.79 Å². The number of hydrazine groups is 1. The third kappa shape index (κ3) is 3.61. The summed E-state index contributed by atoms with van der Waals surface area (Å²) in [6.07, 6.45) is -0.0570. The minimum absolute atomic E-state index is 0.0570. The average Bonchev–Trinajstić information content (AvgIpc) is 3.07. The molecule has 3 atom stereocenters. The van der Waals surface area contributed by atoms with Crippen LogP contribution < -0.4 is 10.9 Å². The second-order valence-corrected chi connectivity index (χ2v) is 8.45. The number of rotatable bonds is 4. The van der Waals surface area contributed by atoms with E-state index in [2.05, 4.69) is 42.9 Å². The van der Waals surface area contributed by atoms with E-state index in [0.29, 0.717) is 24.6 Å². The van der Waals surface area contributed by atoms with E-state index in [1.54, 1.807) is 7.11 Å². The number of aryl methyl sites for hydroxylation is 2. The maximum absolute atomic E-state index is 13.2. The molecule has 2 saturated heterocycles. The second-order valence-electron chi connectivity index (χ2n) is 8.45. The third-order valence-corrected chi connectivity index (χ3v) is 6.50. The number of benzene rings is 2. The lowest BCUT2D eigenvalue weighted by Crippen LogP contribution is -2.48. The zero-order chi connectivity index (χ0) is 21.4. The van der Waals surface area contributed by atoms with E-state index in [1.165, 1.54) is 11.1 Å². The van der Waals surface area contributed by atoms with Crippen LogP contribution in [0.15, 0.2) is 36.4 Å². The van der Waals surface area contributed by atoms with Gasteiger partial charge >= 0.3 is 0 Å². The van der Waals surface area contributed by atoms with Crippen molar-refractivity contribution in [1.82, 2.24) is 15.8 Å². The molecule has 2 N–H and O–H groups in total. The molecule has 3 unspecified atom stereocenters. The Hall–Kier alpha value is -2.72. The van der Waals surface area contributed by atoms with E-state index >= 15 is 0 Å². The summed E-state index contributed by atoms with van der Waals surface area (Å²) < 4.78 is 5.48. The molecule has 0 saturated carbocycles. The van der Waals surface area contributed by atoms with Crippen molar-refractivity contribution in [2.45, 2.75) is 39.0 Å². The van der Waals surface area contributed by atoms with Gasteiger partial charge in [-0.15, -0.1) is 0 Å². The van der Waals surface area contributed by atoms with Gasteiger partial charge in [0.25, 0.3) is 5.91 Å². The zero-order valence-corrected chi connectivity index (χ0v) is 17.9. The lowest BCUT2D eigenvalue weighted by atomic mass is 9.87. The Balaban J connectivity index is 1.50. The van der Waals surface area contributed by atoms with Crippen LogP contribution in [0.5, 0.6) is 0 Å². The van der Waals surface area contributed by atoms with Crippen molar-refractivity contribution in [3.05, 3.63) is 69.8 Å². The van der Waals surface area contributed by atoms with Gasteiger partial charge in [0.2, 0.25) is 0 Å². The van der Waals surface area contributed by atoms with Crippen molar-refractivity contribution in [3.63, 3.8) is 0 Å². The van der Waals surface area contributed by atoms with Gasteiger partial charge in [-0.3, -0.25) is 4.79 Å². The van der Waals surface area contributed by atoms with E-state index in [0.717, 1.165) is 16.7 Å². The summed E-state index contributed by atoms with van der Waals surface area (Å²) in [5.41, 5.74) is 12.4. The monoisotopic (exact) mass is 404 g/mol. The largest absolute Gasteiger partial charge is 0.365 e. The fourth-order valence-corrected chi connectivity index (χ4v) is 4.53. The highest BCUT2D eigenvalue weighted by atomic mass is 16.5. The number of nitrogens with one attached hydrogen (secondary N) is 2. The van der Waals surface area contributed by atoms with Gasteiger partial charge in [-0.25, -0.2) is 10.9 Å².